The summed E-state index contributed by atoms with van der Waals surface area (Å²) in [4.78, 5) is 12.7. The SMILES string of the molecule is CC1CC(=N)c2cc(S(=O)NC(=O)Nc3c4c(cc5c3CCC5)CCC4)oc2C1. The second kappa shape index (κ2) is 7.13. The van der Waals surface area contributed by atoms with Gasteiger partial charge in [0.25, 0.3) is 0 Å². The van der Waals surface area contributed by atoms with Gasteiger partial charge < -0.3 is 15.1 Å². The molecule has 6 nitrogen and oxygen atoms in total. The highest BCUT2D eigenvalue weighted by atomic mass is 32.2. The molecule has 7 heteroatoms. The molecule has 0 saturated heterocycles. The Morgan fingerprint density at radius 2 is 1.79 bits per heavy atom. The lowest BCUT2D eigenvalue weighted by Gasteiger charge is -2.17. The average molecular weight is 412 g/mol. The number of furan rings is 1. The minimum Gasteiger partial charge on any atom is -0.450 e. The number of rotatable bonds is 3. The fourth-order valence-electron chi connectivity index (χ4n) is 4.99. The van der Waals surface area contributed by atoms with Crippen LogP contribution in [-0.4, -0.2) is 16.0 Å². The third-order valence-electron chi connectivity index (χ3n) is 6.28. The number of hydrogen-bond donors (Lipinski definition) is 3. The maximum absolute atomic E-state index is 12.7. The van der Waals surface area contributed by atoms with E-state index in [1.54, 1.807) is 6.07 Å². The van der Waals surface area contributed by atoms with Crippen molar-refractivity contribution in [1.82, 2.24) is 4.72 Å². The number of carbonyl (C=O) groups is 1. The fraction of sp³-hybridized carbons (Fsp3) is 0.455. The Morgan fingerprint density at radius 3 is 2.48 bits per heavy atom. The van der Waals surface area contributed by atoms with Crippen LogP contribution in [0.3, 0.4) is 0 Å². The van der Waals surface area contributed by atoms with Crippen LogP contribution in [0.15, 0.2) is 21.6 Å². The smallest absolute Gasteiger partial charge is 0.331 e. The Hall–Kier alpha value is -2.41. The Morgan fingerprint density at radius 1 is 1.10 bits per heavy atom. The minimum absolute atomic E-state index is 0.201. The van der Waals surface area contributed by atoms with Crippen LogP contribution in [-0.2, 0) is 43.1 Å². The predicted octanol–water partition coefficient (Wildman–Crippen LogP) is 4.05. The van der Waals surface area contributed by atoms with Gasteiger partial charge in [-0.2, -0.15) is 0 Å². The number of benzene rings is 1. The van der Waals surface area contributed by atoms with Gasteiger partial charge >= 0.3 is 6.03 Å². The Balaban J connectivity index is 1.34. The average Bonchev–Trinajstić information content (AvgIpc) is 3.39. The number of urea groups is 1. The van der Waals surface area contributed by atoms with E-state index in [1.807, 2.05) is 0 Å². The van der Waals surface area contributed by atoms with Crippen LogP contribution < -0.4 is 10.0 Å². The zero-order chi connectivity index (χ0) is 20.1. The van der Waals surface area contributed by atoms with Crippen molar-refractivity contribution in [3.8, 4) is 0 Å². The molecule has 2 atom stereocenters. The van der Waals surface area contributed by atoms with Crippen LogP contribution in [0.4, 0.5) is 10.5 Å². The molecule has 1 aromatic carbocycles. The van der Waals surface area contributed by atoms with E-state index in [0.717, 1.165) is 50.6 Å². The molecule has 0 aliphatic heterocycles. The first kappa shape index (κ1) is 18.6. The van der Waals surface area contributed by atoms with E-state index in [0.29, 0.717) is 29.4 Å². The molecule has 0 saturated carbocycles. The van der Waals surface area contributed by atoms with Crippen LogP contribution in [0, 0.1) is 11.3 Å². The molecular weight excluding hydrogens is 386 g/mol. The minimum atomic E-state index is -1.80. The van der Waals surface area contributed by atoms with Crippen molar-refractivity contribution < 1.29 is 13.4 Å². The Bertz CT molecular complexity index is 1020. The molecule has 2 amide bonds. The third-order valence-corrected chi connectivity index (χ3v) is 7.22. The fourth-order valence-corrected chi connectivity index (χ4v) is 5.71. The van der Waals surface area contributed by atoms with E-state index in [1.165, 1.54) is 22.3 Å². The summed E-state index contributed by atoms with van der Waals surface area (Å²) in [6.07, 6.45) is 7.73. The highest BCUT2D eigenvalue weighted by Crippen LogP contribution is 2.38. The van der Waals surface area contributed by atoms with E-state index in [4.69, 9.17) is 9.83 Å². The molecule has 152 valence electrons. The molecule has 1 heterocycles. The quantitative estimate of drug-likeness (QED) is 0.711. The van der Waals surface area contributed by atoms with Crippen molar-refractivity contribution in [1.29, 1.82) is 5.41 Å². The largest absolute Gasteiger partial charge is 0.450 e. The summed E-state index contributed by atoms with van der Waals surface area (Å²) in [6.45, 7) is 2.07. The number of amides is 2. The summed E-state index contributed by atoms with van der Waals surface area (Å²) < 4.78 is 20.9. The van der Waals surface area contributed by atoms with Crippen LogP contribution in [0.25, 0.3) is 0 Å². The van der Waals surface area contributed by atoms with Gasteiger partial charge in [-0.1, -0.05) is 13.0 Å². The second-order valence-corrected chi connectivity index (χ2v) is 9.60. The molecule has 3 aliphatic carbocycles. The molecule has 3 aliphatic rings. The Labute approximate surface area is 172 Å². The first-order valence-electron chi connectivity index (χ1n) is 10.4. The topological polar surface area (TPSA) is 95.2 Å². The van der Waals surface area contributed by atoms with Gasteiger partial charge in [0.05, 0.1) is 0 Å². The maximum Gasteiger partial charge on any atom is 0.331 e. The summed E-state index contributed by atoms with van der Waals surface area (Å²) in [5.74, 6) is 1.03. The zero-order valence-electron chi connectivity index (χ0n) is 16.5. The van der Waals surface area contributed by atoms with E-state index in [9.17, 15) is 9.00 Å². The highest BCUT2D eigenvalue weighted by molar-refractivity contribution is 7.83. The molecule has 0 fully saturated rings. The summed E-state index contributed by atoms with van der Waals surface area (Å²) >= 11 is 0. The van der Waals surface area contributed by atoms with Crippen molar-refractivity contribution in [2.75, 3.05) is 5.32 Å². The van der Waals surface area contributed by atoms with Crippen molar-refractivity contribution in [3.05, 3.63) is 45.7 Å². The first-order chi connectivity index (χ1) is 14.0. The van der Waals surface area contributed by atoms with Crippen LogP contribution in [0.2, 0.25) is 0 Å². The van der Waals surface area contributed by atoms with Gasteiger partial charge in [-0.15, -0.1) is 0 Å². The Kier molecular flexibility index (Phi) is 4.57. The van der Waals surface area contributed by atoms with Gasteiger partial charge in [0.15, 0.2) is 11.0 Å². The van der Waals surface area contributed by atoms with E-state index in [-0.39, 0.29) is 5.09 Å². The third kappa shape index (κ3) is 3.31. The predicted molar refractivity (Wildman–Crippen MR) is 112 cm³/mol. The van der Waals surface area contributed by atoms with Gasteiger partial charge in [0, 0.05) is 29.4 Å². The summed E-state index contributed by atoms with van der Waals surface area (Å²) in [5.41, 5.74) is 7.31. The molecule has 29 heavy (non-hydrogen) atoms. The number of hydrogen-bond acceptors (Lipinski definition) is 4. The van der Waals surface area contributed by atoms with Crippen LogP contribution >= 0.6 is 0 Å². The lowest BCUT2D eigenvalue weighted by molar-refractivity contribution is 0.256. The number of anilines is 1. The standard InChI is InChI=1S/C22H25N3O3S/c1-12-8-18(23)17-11-20(28-19(17)9-12)29(27)25-22(26)24-21-15-6-2-4-13(15)10-14-5-3-7-16(14)21/h10-12,23H,2-9H2,1H3,(H2,24,25,26). The molecule has 1 aromatic heterocycles. The summed E-state index contributed by atoms with van der Waals surface area (Å²) in [5, 5.41) is 11.3. The van der Waals surface area contributed by atoms with Gasteiger partial charge in [-0.05, 0) is 73.1 Å². The molecule has 2 unspecified atom stereocenters. The summed E-state index contributed by atoms with van der Waals surface area (Å²) in [7, 11) is -1.80. The van der Waals surface area contributed by atoms with Crippen LogP contribution in [0.5, 0.6) is 0 Å². The van der Waals surface area contributed by atoms with E-state index in [2.05, 4.69) is 23.0 Å². The highest BCUT2D eigenvalue weighted by Gasteiger charge is 2.28. The normalized spacial score (nSPS) is 20.7. The van der Waals surface area contributed by atoms with Gasteiger partial charge in [-0.3, -0.25) is 0 Å². The molecular formula is C22H25N3O3S. The lowest BCUT2D eigenvalue weighted by atomic mass is 9.88. The zero-order valence-corrected chi connectivity index (χ0v) is 17.3. The van der Waals surface area contributed by atoms with Gasteiger partial charge in [0.2, 0.25) is 5.09 Å². The van der Waals surface area contributed by atoms with Crippen molar-refractivity contribution in [2.45, 2.75) is 63.4 Å². The summed E-state index contributed by atoms with van der Waals surface area (Å²) in [6, 6.07) is 3.48. The molecule has 3 N–H and O–H groups in total. The van der Waals surface area contributed by atoms with Crippen molar-refractivity contribution in [2.24, 2.45) is 5.92 Å². The van der Waals surface area contributed by atoms with Gasteiger partial charge in [-0.25, -0.2) is 13.7 Å². The first-order valence-corrected chi connectivity index (χ1v) is 11.5. The number of fused-ring (bicyclic) bond motifs is 3. The number of aryl methyl sites for hydroxylation is 2. The number of nitrogens with one attached hydrogen (secondary N) is 3. The molecule has 2 aromatic rings. The number of carbonyl (C=O) groups excluding carboxylic acids is 1. The van der Waals surface area contributed by atoms with Crippen LogP contribution in [0.1, 0.15) is 59.8 Å². The van der Waals surface area contributed by atoms with E-state index < -0.39 is 17.0 Å². The molecule has 0 radical (unpaired) electrons. The van der Waals surface area contributed by atoms with Crippen molar-refractivity contribution >= 4 is 28.4 Å². The maximum atomic E-state index is 12.7. The second-order valence-electron chi connectivity index (χ2n) is 8.45. The van der Waals surface area contributed by atoms with E-state index >= 15 is 0 Å². The van der Waals surface area contributed by atoms with Gasteiger partial charge in [0.1, 0.15) is 5.76 Å². The van der Waals surface area contributed by atoms with Crippen molar-refractivity contribution in [3.63, 3.8) is 0 Å². The molecule has 0 bridgehead atoms. The molecule has 5 rings (SSSR count). The molecule has 0 spiro atoms. The monoisotopic (exact) mass is 411 g/mol. The lowest BCUT2D eigenvalue weighted by Crippen LogP contribution is -2.31.